The molecule has 1 aliphatic rings. The molecule has 0 aromatic carbocycles. The second kappa shape index (κ2) is 7.74. The van der Waals surface area contributed by atoms with Crippen molar-refractivity contribution in [2.45, 2.75) is 46.1 Å². The lowest BCUT2D eigenvalue weighted by atomic mass is 9.80. The van der Waals surface area contributed by atoms with Crippen LogP contribution in [0.4, 0.5) is 11.4 Å². The van der Waals surface area contributed by atoms with Crippen LogP contribution in [0.5, 0.6) is 0 Å². The van der Waals surface area contributed by atoms with Crippen LogP contribution in [-0.4, -0.2) is 38.4 Å². The molecular weight excluding hydrogens is 432 g/mol. The minimum absolute atomic E-state index is 0.132. The summed E-state index contributed by atoms with van der Waals surface area (Å²) in [4.78, 5) is 30.9. The lowest BCUT2D eigenvalue weighted by molar-refractivity contribution is 0.101. The first-order valence-electron chi connectivity index (χ1n) is 9.87. The average molecular weight is 457 g/mol. The van der Waals surface area contributed by atoms with Crippen LogP contribution in [0, 0.1) is 5.41 Å². The summed E-state index contributed by atoms with van der Waals surface area (Å²) >= 11 is 3.72. The largest absolute Gasteiger partial charge is 0.366 e. The predicted octanol–water partition coefficient (Wildman–Crippen LogP) is 4.77. The molecule has 3 aromatic heterocycles. The van der Waals surface area contributed by atoms with Crippen LogP contribution < -0.4 is 10.2 Å². The van der Waals surface area contributed by atoms with Gasteiger partial charge in [0, 0.05) is 37.4 Å². The third-order valence-electron chi connectivity index (χ3n) is 5.44. The van der Waals surface area contributed by atoms with Crippen LogP contribution in [0.25, 0.3) is 11.0 Å². The van der Waals surface area contributed by atoms with E-state index in [9.17, 15) is 4.79 Å². The van der Waals surface area contributed by atoms with Crippen molar-refractivity contribution in [3.05, 3.63) is 41.2 Å². The molecule has 1 amide bonds. The smallest absolute Gasteiger partial charge is 0.293 e. The van der Waals surface area contributed by atoms with Crippen LogP contribution >= 0.6 is 15.9 Å². The number of nitrogens with one attached hydrogen (secondary N) is 2. The molecule has 1 fully saturated rings. The average Bonchev–Trinajstić information content (AvgIpc) is 3.10. The number of amides is 1. The van der Waals surface area contributed by atoms with E-state index in [-0.39, 0.29) is 17.1 Å². The minimum Gasteiger partial charge on any atom is -0.366 e. The summed E-state index contributed by atoms with van der Waals surface area (Å²) in [7, 11) is 0. The van der Waals surface area contributed by atoms with Gasteiger partial charge in [-0.1, -0.05) is 20.8 Å². The summed E-state index contributed by atoms with van der Waals surface area (Å²) in [5.74, 6) is -0.208. The highest BCUT2D eigenvalue weighted by Gasteiger charge is 2.35. The van der Waals surface area contributed by atoms with Crippen molar-refractivity contribution in [3.8, 4) is 0 Å². The molecule has 4 rings (SSSR count). The molecule has 1 aliphatic heterocycles. The molecule has 7 nitrogen and oxygen atoms in total. The molecule has 0 spiro atoms. The molecular formula is C21H25BrN6O. The number of hydrogen-bond acceptors (Lipinski definition) is 5. The summed E-state index contributed by atoms with van der Waals surface area (Å²) in [6.45, 7) is 7.83. The van der Waals surface area contributed by atoms with E-state index in [0.29, 0.717) is 11.7 Å². The van der Waals surface area contributed by atoms with Crippen molar-refractivity contribution in [2.24, 2.45) is 5.41 Å². The van der Waals surface area contributed by atoms with Crippen LogP contribution in [0.3, 0.4) is 0 Å². The van der Waals surface area contributed by atoms with E-state index < -0.39 is 0 Å². The Morgan fingerprint density at radius 3 is 2.72 bits per heavy atom. The second-order valence-electron chi connectivity index (χ2n) is 8.48. The Labute approximate surface area is 178 Å². The van der Waals surface area contributed by atoms with E-state index in [1.165, 1.54) is 6.42 Å². The van der Waals surface area contributed by atoms with Gasteiger partial charge in [0.05, 0.1) is 21.2 Å². The standard InChI is InChI=1S/C21H25BrN6O/c1-21(2,3)15-7-4-5-10-28(15)17-13(22)11-25-18-16(17)14(12-26-18)27-20(29)19-23-8-6-9-24-19/h6,8-9,11-12,15H,4-5,7,10H2,1-3H3,(H,25,26)(H,27,29)/t15-/m1/s1. The van der Waals surface area contributed by atoms with Gasteiger partial charge in [-0.05, 0) is 46.7 Å². The number of carbonyl (C=O) groups is 1. The summed E-state index contributed by atoms with van der Waals surface area (Å²) in [6, 6.07) is 2.08. The number of piperidine rings is 1. The highest BCUT2D eigenvalue weighted by molar-refractivity contribution is 9.10. The molecule has 29 heavy (non-hydrogen) atoms. The fraction of sp³-hybridized carbons (Fsp3) is 0.429. The Morgan fingerprint density at radius 2 is 2.00 bits per heavy atom. The SMILES string of the molecule is CC(C)(C)[C@H]1CCCCN1c1c(Br)cnc2[nH]cc(NC(=O)c3ncccn3)c12. The number of anilines is 2. The van der Waals surface area contributed by atoms with E-state index in [2.05, 4.69) is 66.9 Å². The molecule has 0 unspecified atom stereocenters. The number of nitrogens with zero attached hydrogens (tertiary/aromatic N) is 4. The Kier molecular flexibility index (Phi) is 5.29. The summed E-state index contributed by atoms with van der Waals surface area (Å²) < 4.78 is 0.923. The number of carbonyl (C=O) groups excluding carboxylic acids is 1. The lowest BCUT2D eigenvalue weighted by Gasteiger charge is -2.45. The quantitative estimate of drug-likeness (QED) is 0.592. The normalized spacial score (nSPS) is 17.5. The summed E-state index contributed by atoms with van der Waals surface area (Å²) in [6.07, 6.45) is 10.2. The second-order valence-corrected chi connectivity index (χ2v) is 9.33. The summed E-state index contributed by atoms with van der Waals surface area (Å²) in [5.41, 5.74) is 2.62. The van der Waals surface area contributed by atoms with E-state index in [4.69, 9.17) is 0 Å². The maximum absolute atomic E-state index is 12.7. The van der Waals surface area contributed by atoms with Crippen molar-refractivity contribution >= 4 is 44.2 Å². The molecule has 0 radical (unpaired) electrons. The zero-order chi connectivity index (χ0) is 20.6. The number of fused-ring (bicyclic) bond motifs is 1. The van der Waals surface area contributed by atoms with Gasteiger partial charge in [-0.25, -0.2) is 15.0 Å². The number of aromatic nitrogens is 4. The highest BCUT2D eigenvalue weighted by Crippen LogP contribution is 2.43. The third kappa shape index (κ3) is 3.85. The Hall–Kier alpha value is -2.48. The van der Waals surface area contributed by atoms with Gasteiger partial charge >= 0.3 is 0 Å². The van der Waals surface area contributed by atoms with Crippen molar-refractivity contribution in [2.75, 3.05) is 16.8 Å². The zero-order valence-corrected chi connectivity index (χ0v) is 18.5. The van der Waals surface area contributed by atoms with Gasteiger partial charge in [-0.2, -0.15) is 0 Å². The van der Waals surface area contributed by atoms with Gasteiger partial charge in [-0.15, -0.1) is 0 Å². The number of rotatable bonds is 3. The van der Waals surface area contributed by atoms with Crippen molar-refractivity contribution in [3.63, 3.8) is 0 Å². The Balaban J connectivity index is 1.79. The molecule has 0 aliphatic carbocycles. The predicted molar refractivity (Wildman–Crippen MR) is 118 cm³/mol. The van der Waals surface area contributed by atoms with Crippen molar-refractivity contribution in [1.82, 2.24) is 19.9 Å². The van der Waals surface area contributed by atoms with Crippen LogP contribution in [-0.2, 0) is 0 Å². The first-order chi connectivity index (χ1) is 13.9. The van der Waals surface area contributed by atoms with E-state index >= 15 is 0 Å². The molecule has 152 valence electrons. The topological polar surface area (TPSA) is 86.8 Å². The van der Waals surface area contributed by atoms with Crippen LogP contribution in [0.1, 0.15) is 50.7 Å². The lowest BCUT2D eigenvalue weighted by Crippen LogP contribution is -2.47. The number of hydrogen-bond donors (Lipinski definition) is 2. The van der Waals surface area contributed by atoms with E-state index in [1.807, 2.05) is 6.20 Å². The fourth-order valence-electron chi connectivity index (χ4n) is 4.13. The van der Waals surface area contributed by atoms with Gasteiger partial charge < -0.3 is 15.2 Å². The number of aromatic amines is 1. The van der Waals surface area contributed by atoms with E-state index in [1.54, 1.807) is 24.7 Å². The highest BCUT2D eigenvalue weighted by atomic mass is 79.9. The Bertz CT molecular complexity index is 1030. The maximum Gasteiger partial charge on any atom is 0.293 e. The molecule has 8 heteroatoms. The van der Waals surface area contributed by atoms with Crippen molar-refractivity contribution < 1.29 is 4.79 Å². The van der Waals surface area contributed by atoms with Crippen LogP contribution in [0.15, 0.2) is 35.3 Å². The Morgan fingerprint density at radius 1 is 1.24 bits per heavy atom. The molecule has 4 heterocycles. The van der Waals surface area contributed by atoms with E-state index in [0.717, 1.165) is 40.6 Å². The van der Waals surface area contributed by atoms with Gasteiger partial charge in [0.15, 0.2) is 0 Å². The minimum atomic E-state index is -0.344. The first-order valence-corrected chi connectivity index (χ1v) is 10.7. The zero-order valence-electron chi connectivity index (χ0n) is 16.9. The number of H-pyrrole nitrogens is 1. The van der Waals surface area contributed by atoms with Gasteiger partial charge in [-0.3, -0.25) is 4.79 Å². The van der Waals surface area contributed by atoms with Crippen LogP contribution in [0.2, 0.25) is 0 Å². The summed E-state index contributed by atoms with van der Waals surface area (Å²) in [5, 5.41) is 3.86. The van der Waals surface area contributed by atoms with Gasteiger partial charge in [0.2, 0.25) is 5.82 Å². The first kappa shape index (κ1) is 19.8. The number of pyridine rings is 1. The molecule has 1 atom stereocenters. The van der Waals surface area contributed by atoms with Gasteiger partial charge in [0.25, 0.3) is 5.91 Å². The molecule has 3 aromatic rings. The van der Waals surface area contributed by atoms with Gasteiger partial charge in [0.1, 0.15) is 5.65 Å². The molecule has 1 saturated heterocycles. The third-order valence-corrected chi connectivity index (χ3v) is 6.02. The van der Waals surface area contributed by atoms with Crippen molar-refractivity contribution in [1.29, 1.82) is 0 Å². The fourth-order valence-corrected chi connectivity index (χ4v) is 4.66. The maximum atomic E-state index is 12.7. The monoisotopic (exact) mass is 456 g/mol. The molecule has 0 saturated carbocycles. The molecule has 0 bridgehead atoms. The number of halogens is 1. The molecule has 2 N–H and O–H groups in total.